The van der Waals surface area contributed by atoms with E-state index in [1.165, 1.54) is 5.56 Å². The van der Waals surface area contributed by atoms with Gasteiger partial charge in [-0.15, -0.1) is 11.6 Å². The van der Waals surface area contributed by atoms with Gasteiger partial charge >= 0.3 is 0 Å². The summed E-state index contributed by atoms with van der Waals surface area (Å²) in [5.74, 6) is 0. The van der Waals surface area contributed by atoms with E-state index in [9.17, 15) is 0 Å². The monoisotopic (exact) mass is 225 g/mol. The molecular formula is C13H20ClN. The van der Waals surface area contributed by atoms with Gasteiger partial charge in [0.15, 0.2) is 0 Å². The lowest BCUT2D eigenvalue weighted by Crippen LogP contribution is -2.26. The highest BCUT2D eigenvalue weighted by molar-refractivity contribution is 6.21. The van der Waals surface area contributed by atoms with Gasteiger partial charge in [-0.1, -0.05) is 26.8 Å². The Morgan fingerprint density at radius 2 is 2.07 bits per heavy atom. The van der Waals surface area contributed by atoms with Crippen LogP contribution in [0.1, 0.15) is 38.4 Å². The standard InChI is InChI=1S/C13H20ClN/c1-5-13(3,4)12(14)8-11-7-6-10(2)9-15-11/h6-7,9,12H,5,8H2,1-4H3. The average Bonchev–Trinajstić information content (AvgIpc) is 2.21. The maximum absolute atomic E-state index is 6.41. The average molecular weight is 226 g/mol. The normalized spacial score (nSPS) is 13.9. The number of nitrogens with zero attached hydrogens (tertiary/aromatic N) is 1. The van der Waals surface area contributed by atoms with Crippen LogP contribution in [0.2, 0.25) is 0 Å². The van der Waals surface area contributed by atoms with E-state index >= 15 is 0 Å². The van der Waals surface area contributed by atoms with Crippen molar-refractivity contribution in [2.75, 3.05) is 0 Å². The molecule has 0 aliphatic carbocycles. The molecule has 1 nitrogen and oxygen atoms in total. The quantitative estimate of drug-likeness (QED) is 0.707. The molecule has 1 aromatic rings. The van der Waals surface area contributed by atoms with Crippen molar-refractivity contribution in [1.29, 1.82) is 0 Å². The summed E-state index contributed by atoms with van der Waals surface area (Å²) in [4.78, 5) is 4.38. The predicted octanol–water partition coefficient (Wildman–Crippen LogP) is 3.98. The van der Waals surface area contributed by atoms with Crippen molar-refractivity contribution in [3.05, 3.63) is 29.6 Å². The van der Waals surface area contributed by atoms with Gasteiger partial charge in [-0.25, -0.2) is 0 Å². The highest BCUT2D eigenvalue weighted by Crippen LogP contribution is 2.31. The van der Waals surface area contributed by atoms with Crippen molar-refractivity contribution in [1.82, 2.24) is 4.98 Å². The predicted molar refractivity (Wildman–Crippen MR) is 66.4 cm³/mol. The van der Waals surface area contributed by atoms with E-state index in [4.69, 9.17) is 11.6 Å². The molecule has 0 N–H and O–H groups in total. The van der Waals surface area contributed by atoms with Gasteiger partial charge in [-0.2, -0.15) is 0 Å². The van der Waals surface area contributed by atoms with Crippen LogP contribution in [0.5, 0.6) is 0 Å². The second-order valence-electron chi connectivity index (χ2n) is 4.84. The third-order valence-electron chi connectivity index (χ3n) is 3.12. The van der Waals surface area contributed by atoms with Crippen LogP contribution < -0.4 is 0 Å². The zero-order chi connectivity index (χ0) is 11.5. The number of alkyl halides is 1. The molecule has 0 saturated carbocycles. The van der Waals surface area contributed by atoms with Crippen LogP contribution in [0, 0.1) is 12.3 Å². The number of hydrogen-bond acceptors (Lipinski definition) is 1. The Balaban J connectivity index is 2.66. The lowest BCUT2D eigenvalue weighted by molar-refractivity contribution is 0.329. The van der Waals surface area contributed by atoms with E-state index in [1.807, 2.05) is 13.1 Å². The van der Waals surface area contributed by atoms with Gasteiger partial charge in [0.1, 0.15) is 0 Å². The molecule has 1 unspecified atom stereocenters. The topological polar surface area (TPSA) is 12.9 Å². The third kappa shape index (κ3) is 3.49. The Morgan fingerprint density at radius 3 is 2.53 bits per heavy atom. The Kier molecular flexibility index (Phi) is 4.15. The molecule has 15 heavy (non-hydrogen) atoms. The molecule has 0 aliphatic heterocycles. The molecule has 0 saturated heterocycles. The molecule has 2 heteroatoms. The molecule has 1 heterocycles. The molecule has 0 radical (unpaired) electrons. The maximum Gasteiger partial charge on any atom is 0.0442 e. The summed E-state index contributed by atoms with van der Waals surface area (Å²) in [6.45, 7) is 8.64. The van der Waals surface area contributed by atoms with Gasteiger partial charge < -0.3 is 0 Å². The van der Waals surface area contributed by atoms with Gasteiger partial charge in [0.2, 0.25) is 0 Å². The largest absolute Gasteiger partial charge is 0.261 e. The summed E-state index contributed by atoms with van der Waals surface area (Å²) in [6, 6.07) is 4.15. The number of aromatic nitrogens is 1. The second kappa shape index (κ2) is 4.98. The molecule has 1 atom stereocenters. The fourth-order valence-corrected chi connectivity index (χ4v) is 1.61. The van der Waals surface area contributed by atoms with E-state index in [0.717, 1.165) is 18.5 Å². The van der Waals surface area contributed by atoms with E-state index < -0.39 is 0 Å². The summed E-state index contributed by atoms with van der Waals surface area (Å²) < 4.78 is 0. The zero-order valence-corrected chi connectivity index (χ0v) is 10.8. The number of halogens is 1. The molecular weight excluding hydrogens is 206 g/mol. The second-order valence-corrected chi connectivity index (χ2v) is 5.37. The van der Waals surface area contributed by atoms with Crippen molar-refractivity contribution < 1.29 is 0 Å². The van der Waals surface area contributed by atoms with Crippen LogP contribution in [0.15, 0.2) is 18.3 Å². The maximum atomic E-state index is 6.41. The number of aryl methyl sites for hydroxylation is 1. The highest BCUT2D eigenvalue weighted by atomic mass is 35.5. The minimum atomic E-state index is 0.151. The van der Waals surface area contributed by atoms with Crippen molar-refractivity contribution in [2.24, 2.45) is 5.41 Å². The van der Waals surface area contributed by atoms with Crippen LogP contribution in [-0.4, -0.2) is 10.4 Å². The smallest absolute Gasteiger partial charge is 0.0442 e. The minimum Gasteiger partial charge on any atom is -0.261 e. The summed E-state index contributed by atoms with van der Waals surface area (Å²) in [7, 11) is 0. The van der Waals surface area contributed by atoms with E-state index in [-0.39, 0.29) is 10.8 Å². The zero-order valence-electron chi connectivity index (χ0n) is 10.0. The summed E-state index contributed by atoms with van der Waals surface area (Å²) in [6.07, 6.45) is 3.84. The molecule has 1 rings (SSSR count). The van der Waals surface area contributed by atoms with Gasteiger partial charge in [-0.05, 0) is 30.4 Å². The van der Waals surface area contributed by atoms with E-state index in [1.54, 1.807) is 0 Å². The summed E-state index contributed by atoms with van der Waals surface area (Å²) >= 11 is 6.41. The Morgan fingerprint density at radius 1 is 1.40 bits per heavy atom. The third-order valence-corrected chi connectivity index (χ3v) is 3.87. The van der Waals surface area contributed by atoms with Crippen molar-refractivity contribution in [2.45, 2.75) is 45.9 Å². The first-order valence-electron chi connectivity index (χ1n) is 5.51. The van der Waals surface area contributed by atoms with Crippen molar-refractivity contribution in [3.63, 3.8) is 0 Å². The first-order valence-corrected chi connectivity index (χ1v) is 5.95. The van der Waals surface area contributed by atoms with E-state index in [0.29, 0.717) is 0 Å². The van der Waals surface area contributed by atoms with Crippen molar-refractivity contribution in [3.8, 4) is 0 Å². The van der Waals surface area contributed by atoms with Crippen molar-refractivity contribution >= 4 is 11.6 Å². The molecule has 0 aromatic carbocycles. The minimum absolute atomic E-state index is 0.151. The van der Waals surface area contributed by atoms with Crippen LogP contribution in [0.3, 0.4) is 0 Å². The lowest BCUT2D eigenvalue weighted by Gasteiger charge is -2.28. The fourth-order valence-electron chi connectivity index (χ4n) is 1.30. The summed E-state index contributed by atoms with van der Waals surface area (Å²) in [5.41, 5.74) is 2.45. The molecule has 0 spiro atoms. The Bertz CT molecular complexity index is 303. The Hall–Kier alpha value is -0.560. The highest BCUT2D eigenvalue weighted by Gasteiger charge is 2.26. The lowest BCUT2D eigenvalue weighted by atomic mass is 9.84. The van der Waals surface area contributed by atoms with Crippen LogP contribution in [-0.2, 0) is 6.42 Å². The first-order chi connectivity index (χ1) is 6.95. The van der Waals surface area contributed by atoms with Crippen LogP contribution >= 0.6 is 11.6 Å². The molecule has 0 fully saturated rings. The Labute approximate surface area is 97.9 Å². The molecule has 84 valence electrons. The molecule has 0 bridgehead atoms. The fraction of sp³-hybridized carbons (Fsp3) is 0.615. The van der Waals surface area contributed by atoms with Gasteiger partial charge in [-0.3, -0.25) is 4.98 Å². The number of hydrogen-bond donors (Lipinski definition) is 0. The van der Waals surface area contributed by atoms with Gasteiger partial charge in [0, 0.05) is 23.7 Å². The number of rotatable bonds is 4. The SMILES string of the molecule is CCC(C)(C)C(Cl)Cc1ccc(C)cn1. The summed E-state index contributed by atoms with van der Waals surface area (Å²) in [5, 5.41) is 0.151. The van der Waals surface area contributed by atoms with Gasteiger partial charge in [0.05, 0.1) is 0 Å². The van der Waals surface area contributed by atoms with Gasteiger partial charge in [0.25, 0.3) is 0 Å². The van der Waals surface area contributed by atoms with Crippen LogP contribution in [0.25, 0.3) is 0 Å². The molecule has 0 amide bonds. The molecule has 1 aromatic heterocycles. The number of pyridine rings is 1. The van der Waals surface area contributed by atoms with E-state index in [2.05, 4.69) is 37.9 Å². The first kappa shape index (κ1) is 12.5. The van der Waals surface area contributed by atoms with Crippen LogP contribution in [0.4, 0.5) is 0 Å². The molecule has 0 aliphatic rings.